The number of anilines is 1. The minimum Gasteiger partial charge on any atom is -0.382 e. The number of benzene rings is 1. The molecule has 3 N–H and O–H groups in total. The highest BCUT2D eigenvalue weighted by molar-refractivity contribution is 6.31. The number of aromatic nitrogens is 3. The second kappa shape index (κ2) is 5.18. The van der Waals surface area contributed by atoms with E-state index < -0.39 is 5.82 Å². The van der Waals surface area contributed by atoms with Crippen LogP contribution in [0.3, 0.4) is 0 Å². The molecule has 0 bridgehead atoms. The molecule has 0 amide bonds. The standard InChI is InChI=1S/C15H12ClFN4/c1-8-9(5-3-7-19-8)14-12(15(18)21-20-14)10-4-2-6-11(16)13(10)17/h2-7H,1H3,(H3,18,20,21). The highest BCUT2D eigenvalue weighted by Gasteiger charge is 2.20. The molecule has 0 atom stereocenters. The van der Waals surface area contributed by atoms with Gasteiger partial charge < -0.3 is 5.73 Å². The zero-order valence-corrected chi connectivity index (χ0v) is 11.9. The molecule has 3 rings (SSSR count). The molecular formula is C15H12ClFN4. The maximum Gasteiger partial charge on any atom is 0.153 e. The summed E-state index contributed by atoms with van der Waals surface area (Å²) in [6.45, 7) is 1.87. The van der Waals surface area contributed by atoms with Gasteiger partial charge in [-0.05, 0) is 25.1 Å². The number of nitrogens with zero attached hydrogens (tertiary/aromatic N) is 2. The summed E-state index contributed by atoms with van der Waals surface area (Å²) in [6, 6.07) is 8.47. The summed E-state index contributed by atoms with van der Waals surface area (Å²) in [7, 11) is 0. The summed E-state index contributed by atoms with van der Waals surface area (Å²) in [5, 5.41) is 6.89. The van der Waals surface area contributed by atoms with Crippen LogP contribution in [0.25, 0.3) is 22.4 Å². The molecule has 0 unspecified atom stereocenters. The van der Waals surface area contributed by atoms with Gasteiger partial charge in [-0.1, -0.05) is 23.7 Å². The molecule has 0 saturated heterocycles. The monoisotopic (exact) mass is 302 g/mol. The van der Waals surface area contributed by atoms with E-state index in [-0.39, 0.29) is 10.8 Å². The minimum atomic E-state index is -0.518. The number of pyridine rings is 1. The van der Waals surface area contributed by atoms with Gasteiger partial charge in [0.15, 0.2) is 5.82 Å². The lowest BCUT2D eigenvalue weighted by Crippen LogP contribution is -1.93. The van der Waals surface area contributed by atoms with E-state index in [0.29, 0.717) is 16.8 Å². The van der Waals surface area contributed by atoms with Crippen molar-refractivity contribution in [1.29, 1.82) is 0 Å². The van der Waals surface area contributed by atoms with Crippen LogP contribution in [0.2, 0.25) is 5.02 Å². The maximum atomic E-state index is 14.3. The van der Waals surface area contributed by atoms with Crippen molar-refractivity contribution in [3.05, 3.63) is 53.1 Å². The van der Waals surface area contributed by atoms with Gasteiger partial charge in [-0.25, -0.2) is 4.39 Å². The van der Waals surface area contributed by atoms with Crippen molar-refractivity contribution in [3.63, 3.8) is 0 Å². The third-order valence-electron chi connectivity index (χ3n) is 3.29. The number of nitrogen functional groups attached to an aromatic ring is 1. The van der Waals surface area contributed by atoms with Crippen LogP contribution < -0.4 is 5.73 Å². The molecule has 2 heterocycles. The molecule has 3 aromatic rings. The smallest absolute Gasteiger partial charge is 0.153 e. The number of nitrogens with two attached hydrogens (primary N) is 1. The topological polar surface area (TPSA) is 67.6 Å². The lowest BCUT2D eigenvalue weighted by Gasteiger charge is -2.08. The number of aromatic amines is 1. The van der Waals surface area contributed by atoms with Crippen molar-refractivity contribution in [2.75, 3.05) is 5.73 Å². The van der Waals surface area contributed by atoms with Gasteiger partial charge in [0, 0.05) is 23.0 Å². The lowest BCUT2D eigenvalue weighted by atomic mass is 10.00. The van der Waals surface area contributed by atoms with E-state index in [2.05, 4.69) is 15.2 Å². The van der Waals surface area contributed by atoms with Crippen molar-refractivity contribution >= 4 is 17.4 Å². The Morgan fingerprint density at radius 2 is 1.95 bits per heavy atom. The molecule has 0 aliphatic carbocycles. The summed E-state index contributed by atoms with van der Waals surface area (Å²) >= 11 is 5.85. The normalized spacial score (nSPS) is 10.8. The highest BCUT2D eigenvalue weighted by Crippen LogP contribution is 2.38. The minimum absolute atomic E-state index is 0.0435. The summed E-state index contributed by atoms with van der Waals surface area (Å²) < 4.78 is 14.3. The average molecular weight is 303 g/mol. The van der Waals surface area contributed by atoms with E-state index in [0.717, 1.165) is 11.3 Å². The Labute approximate surface area is 125 Å². The van der Waals surface area contributed by atoms with E-state index in [1.165, 1.54) is 6.07 Å². The third-order valence-corrected chi connectivity index (χ3v) is 3.58. The second-order valence-corrected chi connectivity index (χ2v) is 5.00. The first-order valence-electron chi connectivity index (χ1n) is 6.30. The summed E-state index contributed by atoms with van der Waals surface area (Å²) in [6.07, 6.45) is 1.69. The van der Waals surface area contributed by atoms with Gasteiger partial charge >= 0.3 is 0 Å². The summed E-state index contributed by atoms with van der Waals surface area (Å²) in [5.41, 5.74) is 8.95. The molecule has 0 aliphatic rings. The molecule has 0 radical (unpaired) electrons. The second-order valence-electron chi connectivity index (χ2n) is 4.60. The van der Waals surface area contributed by atoms with Gasteiger partial charge in [0.1, 0.15) is 5.82 Å². The average Bonchev–Trinajstić information content (AvgIpc) is 2.84. The van der Waals surface area contributed by atoms with Gasteiger partial charge in [-0.3, -0.25) is 10.1 Å². The van der Waals surface area contributed by atoms with Crippen molar-refractivity contribution in [2.24, 2.45) is 0 Å². The van der Waals surface area contributed by atoms with Crippen LogP contribution in [0.5, 0.6) is 0 Å². The zero-order chi connectivity index (χ0) is 15.0. The molecule has 0 fully saturated rings. The van der Waals surface area contributed by atoms with Gasteiger partial charge in [-0.2, -0.15) is 5.10 Å². The molecule has 6 heteroatoms. The first kappa shape index (κ1) is 13.6. The lowest BCUT2D eigenvalue weighted by molar-refractivity contribution is 0.632. The van der Waals surface area contributed by atoms with Crippen LogP contribution in [0.4, 0.5) is 10.2 Å². The highest BCUT2D eigenvalue weighted by atomic mass is 35.5. The fourth-order valence-corrected chi connectivity index (χ4v) is 2.44. The van der Waals surface area contributed by atoms with Gasteiger partial charge in [-0.15, -0.1) is 0 Å². The van der Waals surface area contributed by atoms with Gasteiger partial charge in [0.25, 0.3) is 0 Å². The SMILES string of the molecule is Cc1ncccc1-c1[nH]nc(N)c1-c1cccc(Cl)c1F. The Morgan fingerprint density at radius 1 is 1.19 bits per heavy atom. The Bertz CT molecular complexity index is 813. The molecular weight excluding hydrogens is 291 g/mol. The molecule has 0 aliphatic heterocycles. The number of hydrogen-bond acceptors (Lipinski definition) is 3. The van der Waals surface area contributed by atoms with Gasteiger partial charge in [0.05, 0.1) is 16.3 Å². The van der Waals surface area contributed by atoms with Crippen LogP contribution in [0.1, 0.15) is 5.69 Å². The third kappa shape index (κ3) is 2.25. The first-order chi connectivity index (χ1) is 10.1. The van der Waals surface area contributed by atoms with E-state index in [9.17, 15) is 4.39 Å². The summed E-state index contributed by atoms with van der Waals surface area (Å²) in [5.74, 6) is -0.301. The molecule has 0 saturated carbocycles. The predicted octanol–water partition coefficient (Wildman–Crippen LogP) is 3.82. The van der Waals surface area contributed by atoms with Crippen molar-refractivity contribution < 1.29 is 4.39 Å². The summed E-state index contributed by atoms with van der Waals surface area (Å²) in [4.78, 5) is 4.23. The Morgan fingerprint density at radius 3 is 2.71 bits per heavy atom. The Kier molecular flexibility index (Phi) is 3.35. The molecule has 21 heavy (non-hydrogen) atoms. The van der Waals surface area contributed by atoms with Crippen molar-refractivity contribution in [3.8, 4) is 22.4 Å². The van der Waals surface area contributed by atoms with Crippen molar-refractivity contribution in [2.45, 2.75) is 6.92 Å². The van der Waals surface area contributed by atoms with Gasteiger partial charge in [0.2, 0.25) is 0 Å². The number of rotatable bonds is 2. The quantitative estimate of drug-likeness (QED) is 0.756. The van der Waals surface area contributed by atoms with E-state index >= 15 is 0 Å². The number of halogens is 2. The van der Waals surface area contributed by atoms with E-state index in [1.54, 1.807) is 24.4 Å². The molecule has 2 aromatic heterocycles. The Hall–Kier alpha value is -2.40. The predicted molar refractivity (Wildman–Crippen MR) is 81.4 cm³/mol. The maximum absolute atomic E-state index is 14.3. The van der Waals surface area contributed by atoms with Crippen LogP contribution in [0, 0.1) is 12.7 Å². The number of H-pyrrole nitrogens is 1. The molecule has 106 valence electrons. The fourth-order valence-electron chi connectivity index (χ4n) is 2.27. The zero-order valence-electron chi connectivity index (χ0n) is 11.2. The number of hydrogen-bond donors (Lipinski definition) is 2. The van der Waals surface area contributed by atoms with Crippen LogP contribution in [0.15, 0.2) is 36.5 Å². The molecule has 1 aromatic carbocycles. The number of nitrogens with one attached hydrogen (secondary N) is 1. The first-order valence-corrected chi connectivity index (χ1v) is 6.67. The van der Waals surface area contributed by atoms with Crippen LogP contribution in [-0.2, 0) is 0 Å². The van der Waals surface area contributed by atoms with Crippen LogP contribution in [-0.4, -0.2) is 15.2 Å². The molecule has 4 nitrogen and oxygen atoms in total. The Balaban J connectivity index is 2.28. The fraction of sp³-hybridized carbons (Fsp3) is 0.0667. The van der Waals surface area contributed by atoms with E-state index in [4.69, 9.17) is 17.3 Å². The largest absolute Gasteiger partial charge is 0.382 e. The van der Waals surface area contributed by atoms with E-state index in [1.807, 2.05) is 13.0 Å². The van der Waals surface area contributed by atoms with Crippen LogP contribution >= 0.6 is 11.6 Å². The molecule has 0 spiro atoms. The number of aryl methyl sites for hydroxylation is 1. The van der Waals surface area contributed by atoms with Crippen molar-refractivity contribution in [1.82, 2.24) is 15.2 Å².